The van der Waals surface area contributed by atoms with Gasteiger partial charge in [-0.2, -0.15) is 0 Å². The largest absolute Gasteiger partial charge is 0.379 e. The van der Waals surface area contributed by atoms with Crippen molar-refractivity contribution in [3.05, 3.63) is 16.0 Å². The molecule has 0 unspecified atom stereocenters. The van der Waals surface area contributed by atoms with Crippen LogP contribution >= 0.6 is 11.3 Å². The highest BCUT2D eigenvalue weighted by Crippen LogP contribution is 2.36. The average molecular weight is 265 g/mol. The summed E-state index contributed by atoms with van der Waals surface area (Å²) in [5, 5.41) is 7.61. The number of thiophene rings is 1. The predicted molar refractivity (Wildman–Crippen MR) is 74.4 cm³/mol. The normalized spacial score (nSPS) is 18.8. The van der Waals surface area contributed by atoms with Crippen LogP contribution in [0.5, 0.6) is 0 Å². The molecule has 0 spiro atoms. The van der Waals surface area contributed by atoms with E-state index in [1.165, 1.54) is 10.4 Å². The summed E-state index contributed by atoms with van der Waals surface area (Å²) < 4.78 is 0. The highest BCUT2D eigenvalue weighted by molar-refractivity contribution is 7.16. The highest BCUT2D eigenvalue weighted by atomic mass is 32.1. The van der Waals surface area contributed by atoms with Crippen molar-refractivity contribution in [2.24, 2.45) is 0 Å². The van der Waals surface area contributed by atoms with Gasteiger partial charge >= 0.3 is 0 Å². The maximum Gasteiger partial charge on any atom is 0.257 e. The van der Waals surface area contributed by atoms with Gasteiger partial charge in [-0.3, -0.25) is 4.79 Å². The number of anilines is 1. The Labute approximate surface area is 111 Å². The maximum absolute atomic E-state index is 12.6. The van der Waals surface area contributed by atoms with Gasteiger partial charge < -0.3 is 15.5 Å². The number of fused-ring (bicyclic) bond motifs is 1. The Bertz CT molecular complexity index is 463. The summed E-state index contributed by atoms with van der Waals surface area (Å²) in [4.78, 5) is 16.0. The fourth-order valence-electron chi connectivity index (χ4n) is 2.82. The van der Waals surface area contributed by atoms with Crippen LogP contribution in [-0.2, 0) is 13.0 Å². The number of carbonyl (C=O) groups excluding carboxylic acids is 1. The third-order valence-electron chi connectivity index (χ3n) is 3.76. The van der Waals surface area contributed by atoms with Gasteiger partial charge in [-0.25, -0.2) is 0 Å². The van der Waals surface area contributed by atoms with Gasteiger partial charge in [-0.15, -0.1) is 11.3 Å². The lowest BCUT2D eigenvalue weighted by atomic mass is 10.0. The van der Waals surface area contributed by atoms with Crippen LogP contribution in [0.3, 0.4) is 0 Å². The molecule has 1 amide bonds. The van der Waals surface area contributed by atoms with Crippen molar-refractivity contribution in [3.63, 3.8) is 0 Å². The second kappa shape index (κ2) is 4.90. The molecule has 0 atom stereocenters. The van der Waals surface area contributed by atoms with E-state index < -0.39 is 0 Å². The predicted octanol–water partition coefficient (Wildman–Crippen LogP) is 1.67. The summed E-state index contributed by atoms with van der Waals surface area (Å²) in [6, 6.07) is 0. The van der Waals surface area contributed by atoms with Gasteiger partial charge in [-0.1, -0.05) is 0 Å². The zero-order chi connectivity index (χ0) is 12.5. The Morgan fingerprint density at radius 3 is 2.89 bits per heavy atom. The van der Waals surface area contributed by atoms with E-state index in [2.05, 4.69) is 10.6 Å². The van der Waals surface area contributed by atoms with Crippen LogP contribution in [0.25, 0.3) is 0 Å². The first-order chi connectivity index (χ1) is 8.81. The van der Waals surface area contributed by atoms with Crippen LogP contribution in [0.15, 0.2) is 0 Å². The van der Waals surface area contributed by atoms with Crippen molar-refractivity contribution < 1.29 is 4.79 Å². The molecule has 1 aromatic heterocycles. The molecule has 98 valence electrons. The minimum absolute atomic E-state index is 0.233. The molecule has 0 saturated carbocycles. The van der Waals surface area contributed by atoms with Crippen LogP contribution in [0.2, 0.25) is 0 Å². The monoisotopic (exact) mass is 265 g/mol. The summed E-state index contributed by atoms with van der Waals surface area (Å²) in [5.74, 6) is 0.233. The van der Waals surface area contributed by atoms with Gasteiger partial charge in [0.1, 0.15) is 5.00 Å². The lowest BCUT2D eigenvalue weighted by Crippen LogP contribution is -2.30. The summed E-state index contributed by atoms with van der Waals surface area (Å²) in [7, 11) is 1.91. The summed E-state index contributed by atoms with van der Waals surface area (Å²) in [6.45, 7) is 3.73. The summed E-state index contributed by atoms with van der Waals surface area (Å²) in [6.07, 6.45) is 3.27. The van der Waals surface area contributed by atoms with Gasteiger partial charge in [0.15, 0.2) is 0 Å². The number of nitrogens with zero attached hydrogens (tertiary/aromatic N) is 1. The van der Waals surface area contributed by atoms with E-state index in [4.69, 9.17) is 0 Å². The second-order valence-corrected chi connectivity index (χ2v) is 5.99. The number of rotatable bonds is 2. The molecule has 1 fully saturated rings. The van der Waals surface area contributed by atoms with Crippen LogP contribution < -0.4 is 10.6 Å². The molecule has 2 aliphatic heterocycles. The third-order valence-corrected chi connectivity index (χ3v) is 5.01. The Morgan fingerprint density at radius 1 is 1.39 bits per heavy atom. The number of hydrogen-bond acceptors (Lipinski definition) is 4. The molecule has 0 aromatic carbocycles. The molecular weight excluding hydrogens is 246 g/mol. The van der Waals surface area contributed by atoms with Crippen molar-refractivity contribution in [3.8, 4) is 0 Å². The molecule has 1 aromatic rings. The Morgan fingerprint density at radius 2 is 2.17 bits per heavy atom. The van der Waals surface area contributed by atoms with Gasteiger partial charge in [-0.05, 0) is 31.4 Å². The fourth-order valence-corrected chi connectivity index (χ4v) is 3.98. The molecule has 1 saturated heterocycles. The zero-order valence-electron chi connectivity index (χ0n) is 10.7. The molecule has 0 aliphatic carbocycles. The van der Waals surface area contributed by atoms with Crippen LogP contribution in [-0.4, -0.2) is 37.5 Å². The molecule has 4 nitrogen and oxygen atoms in total. The number of hydrogen-bond donors (Lipinski definition) is 2. The minimum Gasteiger partial charge on any atom is -0.379 e. The van der Waals surface area contributed by atoms with Crippen LogP contribution in [0.4, 0.5) is 5.00 Å². The number of carbonyl (C=O) groups is 1. The van der Waals surface area contributed by atoms with Crippen molar-refractivity contribution in [1.82, 2.24) is 10.2 Å². The molecule has 3 heterocycles. The van der Waals surface area contributed by atoms with Gasteiger partial charge in [0.05, 0.1) is 5.56 Å². The lowest BCUT2D eigenvalue weighted by Gasteiger charge is -2.19. The maximum atomic E-state index is 12.6. The molecule has 18 heavy (non-hydrogen) atoms. The standard InChI is InChI=1S/C13H19N3OS/c1-14-12-11(13(17)16-6-2-3-7-16)9-4-5-15-8-10(9)18-12/h14-15H,2-8H2,1H3. The molecule has 0 radical (unpaired) electrons. The molecule has 3 rings (SSSR count). The molecule has 2 N–H and O–H groups in total. The number of likely N-dealkylation sites (tertiary alicyclic amines) is 1. The number of amides is 1. The molecule has 2 aliphatic rings. The van der Waals surface area contributed by atoms with E-state index in [-0.39, 0.29) is 5.91 Å². The molecule has 5 heteroatoms. The van der Waals surface area contributed by atoms with E-state index in [1.54, 1.807) is 11.3 Å². The lowest BCUT2D eigenvalue weighted by molar-refractivity contribution is 0.0793. The van der Waals surface area contributed by atoms with Crippen molar-refractivity contribution >= 4 is 22.2 Å². The smallest absolute Gasteiger partial charge is 0.257 e. The van der Waals surface area contributed by atoms with Gasteiger partial charge in [0.2, 0.25) is 0 Å². The van der Waals surface area contributed by atoms with E-state index in [0.717, 1.165) is 56.0 Å². The van der Waals surface area contributed by atoms with E-state index >= 15 is 0 Å². The van der Waals surface area contributed by atoms with Crippen molar-refractivity contribution in [2.75, 3.05) is 32.0 Å². The highest BCUT2D eigenvalue weighted by Gasteiger charge is 2.29. The average Bonchev–Trinajstić information content (AvgIpc) is 3.04. The fraction of sp³-hybridized carbons (Fsp3) is 0.615. The van der Waals surface area contributed by atoms with Crippen molar-refractivity contribution in [1.29, 1.82) is 0 Å². The number of nitrogens with one attached hydrogen (secondary N) is 2. The van der Waals surface area contributed by atoms with Crippen LogP contribution in [0, 0.1) is 0 Å². The van der Waals surface area contributed by atoms with Crippen molar-refractivity contribution in [2.45, 2.75) is 25.8 Å². The SMILES string of the molecule is CNc1sc2c(c1C(=O)N1CCCC1)CCNC2. The molecular formula is C13H19N3OS. The quantitative estimate of drug-likeness (QED) is 0.855. The zero-order valence-corrected chi connectivity index (χ0v) is 11.5. The first-order valence-electron chi connectivity index (χ1n) is 6.63. The third kappa shape index (κ3) is 1.91. The van der Waals surface area contributed by atoms with E-state index in [0.29, 0.717) is 0 Å². The first kappa shape index (κ1) is 12.0. The second-order valence-electron chi connectivity index (χ2n) is 4.88. The van der Waals surface area contributed by atoms with Gasteiger partial charge in [0, 0.05) is 31.6 Å². The van der Waals surface area contributed by atoms with Gasteiger partial charge in [0.25, 0.3) is 5.91 Å². The Hall–Kier alpha value is -1.07. The first-order valence-corrected chi connectivity index (χ1v) is 7.45. The topological polar surface area (TPSA) is 44.4 Å². The summed E-state index contributed by atoms with van der Waals surface area (Å²) in [5.41, 5.74) is 2.22. The molecule has 0 bridgehead atoms. The Balaban J connectivity index is 1.98. The van der Waals surface area contributed by atoms with E-state index in [1.807, 2.05) is 11.9 Å². The minimum atomic E-state index is 0.233. The summed E-state index contributed by atoms with van der Waals surface area (Å²) >= 11 is 1.73. The van der Waals surface area contributed by atoms with E-state index in [9.17, 15) is 4.79 Å². The Kier molecular flexibility index (Phi) is 3.26. The van der Waals surface area contributed by atoms with Crippen LogP contribution in [0.1, 0.15) is 33.6 Å².